The maximum absolute atomic E-state index is 13.7. The quantitative estimate of drug-likeness (QED) is 0.881. The lowest BCUT2D eigenvalue weighted by Gasteiger charge is -2.38. The van der Waals surface area contributed by atoms with E-state index in [0.717, 1.165) is 29.8 Å². The second-order valence-electron chi connectivity index (χ2n) is 6.69. The van der Waals surface area contributed by atoms with Gasteiger partial charge >= 0.3 is 6.18 Å². The number of nitrogens with zero attached hydrogens (tertiary/aromatic N) is 1. The van der Waals surface area contributed by atoms with E-state index in [4.69, 9.17) is 0 Å². The SMILES string of the molecule is CCCCc1cccc([C@H](N2NC(=O)CC2(C)C)C(F)(F)F)c1. The number of carbonyl (C=O) groups excluding carboxylic acids is 1. The van der Waals surface area contributed by atoms with Crippen LogP contribution in [0.1, 0.15) is 57.2 Å². The third kappa shape index (κ3) is 4.05. The third-order valence-corrected chi connectivity index (χ3v) is 4.14. The lowest BCUT2D eigenvalue weighted by Crippen LogP contribution is -2.51. The molecule has 1 N–H and O–H groups in total. The summed E-state index contributed by atoms with van der Waals surface area (Å²) in [4.78, 5) is 11.6. The molecule has 128 valence electrons. The number of halogens is 3. The zero-order chi connectivity index (χ0) is 17.3. The second kappa shape index (κ2) is 6.51. The minimum absolute atomic E-state index is 0.0507. The average Bonchev–Trinajstić information content (AvgIpc) is 2.68. The molecule has 1 aliphatic heterocycles. The van der Waals surface area contributed by atoms with Crippen LogP contribution in [0.3, 0.4) is 0 Å². The Morgan fingerprint density at radius 1 is 1.35 bits per heavy atom. The van der Waals surface area contributed by atoms with E-state index in [0.29, 0.717) is 0 Å². The Labute approximate surface area is 134 Å². The first kappa shape index (κ1) is 17.8. The number of rotatable bonds is 5. The number of hydrazine groups is 1. The second-order valence-corrected chi connectivity index (χ2v) is 6.69. The summed E-state index contributed by atoms with van der Waals surface area (Å²) < 4.78 is 41.2. The van der Waals surface area contributed by atoms with Gasteiger partial charge in [-0.05, 0) is 37.8 Å². The summed E-state index contributed by atoms with van der Waals surface area (Å²) in [5.41, 5.74) is 2.55. The van der Waals surface area contributed by atoms with Crippen molar-refractivity contribution in [1.82, 2.24) is 10.4 Å². The minimum atomic E-state index is -4.47. The molecule has 0 bridgehead atoms. The van der Waals surface area contributed by atoms with Crippen LogP contribution in [-0.4, -0.2) is 22.6 Å². The van der Waals surface area contributed by atoms with Crippen molar-refractivity contribution >= 4 is 5.91 Å². The zero-order valence-corrected chi connectivity index (χ0v) is 13.7. The van der Waals surface area contributed by atoms with Crippen LogP contribution in [0.15, 0.2) is 24.3 Å². The van der Waals surface area contributed by atoms with Crippen LogP contribution in [0.2, 0.25) is 0 Å². The van der Waals surface area contributed by atoms with Crippen LogP contribution in [0.4, 0.5) is 13.2 Å². The Hall–Kier alpha value is -1.56. The number of nitrogens with one attached hydrogen (secondary N) is 1. The zero-order valence-electron chi connectivity index (χ0n) is 13.7. The lowest BCUT2D eigenvalue weighted by molar-refractivity contribution is -0.203. The Bertz CT molecular complexity index is 569. The van der Waals surface area contributed by atoms with E-state index >= 15 is 0 Å². The van der Waals surface area contributed by atoms with Gasteiger partial charge in [-0.3, -0.25) is 10.2 Å². The van der Waals surface area contributed by atoms with E-state index in [1.807, 2.05) is 13.0 Å². The molecule has 0 unspecified atom stereocenters. The molecule has 0 aromatic heterocycles. The highest BCUT2D eigenvalue weighted by atomic mass is 19.4. The number of aryl methyl sites for hydroxylation is 1. The molecule has 1 amide bonds. The van der Waals surface area contributed by atoms with E-state index in [9.17, 15) is 18.0 Å². The van der Waals surface area contributed by atoms with Crippen molar-refractivity contribution < 1.29 is 18.0 Å². The van der Waals surface area contributed by atoms with Gasteiger partial charge in [-0.1, -0.05) is 37.6 Å². The van der Waals surface area contributed by atoms with Gasteiger partial charge in [0.25, 0.3) is 0 Å². The van der Waals surface area contributed by atoms with Crippen molar-refractivity contribution in [3.05, 3.63) is 35.4 Å². The summed E-state index contributed by atoms with van der Waals surface area (Å²) in [6.45, 7) is 5.33. The molecule has 1 heterocycles. The van der Waals surface area contributed by atoms with Gasteiger partial charge in [0.05, 0.1) is 0 Å². The molecule has 1 aromatic carbocycles. The molecule has 1 saturated heterocycles. The first-order valence-electron chi connectivity index (χ1n) is 7.89. The van der Waals surface area contributed by atoms with Gasteiger partial charge in [0.15, 0.2) is 6.04 Å². The molecule has 1 aromatic rings. The molecule has 0 saturated carbocycles. The molecule has 0 aliphatic carbocycles. The number of hydrogen-bond acceptors (Lipinski definition) is 2. The molecule has 1 aliphatic rings. The molecule has 0 radical (unpaired) electrons. The lowest BCUT2D eigenvalue weighted by atomic mass is 9.95. The van der Waals surface area contributed by atoms with Crippen LogP contribution < -0.4 is 5.43 Å². The number of hydrogen-bond donors (Lipinski definition) is 1. The summed E-state index contributed by atoms with van der Waals surface area (Å²) in [6, 6.07) is 4.75. The van der Waals surface area contributed by atoms with Crippen molar-refractivity contribution in [1.29, 1.82) is 0 Å². The number of benzene rings is 1. The fraction of sp³-hybridized carbons (Fsp3) is 0.588. The Kier molecular flexibility index (Phi) is 5.04. The molecule has 3 nitrogen and oxygen atoms in total. The van der Waals surface area contributed by atoms with E-state index in [2.05, 4.69) is 5.43 Å². The van der Waals surface area contributed by atoms with E-state index in [-0.39, 0.29) is 17.9 Å². The van der Waals surface area contributed by atoms with Crippen LogP contribution in [-0.2, 0) is 11.2 Å². The van der Waals surface area contributed by atoms with Gasteiger partial charge in [0.2, 0.25) is 5.91 Å². The van der Waals surface area contributed by atoms with Crippen molar-refractivity contribution in [3.63, 3.8) is 0 Å². The molecule has 2 rings (SSSR count). The van der Waals surface area contributed by atoms with Gasteiger partial charge in [0.1, 0.15) is 0 Å². The van der Waals surface area contributed by atoms with Gasteiger partial charge in [-0.2, -0.15) is 18.2 Å². The Balaban J connectivity index is 2.38. The van der Waals surface area contributed by atoms with Crippen LogP contribution >= 0.6 is 0 Å². The first-order chi connectivity index (χ1) is 10.6. The molecular formula is C17H23F3N2O. The highest BCUT2D eigenvalue weighted by Gasteiger charge is 2.52. The predicted molar refractivity (Wildman–Crippen MR) is 82.5 cm³/mol. The summed E-state index contributed by atoms with van der Waals surface area (Å²) in [7, 11) is 0. The van der Waals surface area contributed by atoms with E-state index in [1.54, 1.807) is 26.0 Å². The van der Waals surface area contributed by atoms with Crippen LogP contribution in [0, 0.1) is 0 Å². The summed E-state index contributed by atoms with van der Waals surface area (Å²) in [6.07, 6.45) is -1.74. The largest absolute Gasteiger partial charge is 0.409 e. The van der Waals surface area contributed by atoms with Crippen LogP contribution in [0.5, 0.6) is 0 Å². The number of alkyl halides is 3. The van der Waals surface area contributed by atoms with E-state index < -0.39 is 17.8 Å². The van der Waals surface area contributed by atoms with Crippen LogP contribution in [0.25, 0.3) is 0 Å². The summed E-state index contributed by atoms with van der Waals surface area (Å²) >= 11 is 0. The van der Waals surface area contributed by atoms with Crippen molar-refractivity contribution in [3.8, 4) is 0 Å². The molecule has 1 fully saturated rings. The first-order valence-corrected chi connectivity index (χ1v) is 7.89. The topological polar surface area (TPSA) is 32.3 Å². The standard InChI is InChI=1S/C17H23F3N2O/c1-4-5-7-12-8-6-9-13(10-12)15(17(18,19)20)22-16(2,3)11-14(23)21-22/h6,8-10,15H,4-5,7,11H2,1-3H3,(H,21,23)/t15-/m0/s1. The average molecular weight is 328 g/mol. The predicted octanol–water partition coefficient (Wildman–Crippen LogP) is 4.15. The van der Waals surface area contributed by atoms with E-state index in [1.165, 1.54) is 6.07 Å². The van der Waals surface area contributed by atoms with Gasteiger partial charge in [-0.25, -0.2) is 0 Å². The van der Waals surface area contributed by atoms with Gasteiger partial charge in [-0.15, -0.1) is 0 Å². The molecule has 1 atom stereocenters. The fourth-order valence-corrected chi connectivity index (χ4v) is 3.00. The van der Waals surface area contributed by atoms with Gasteiger partial charge in [0, 0.05) is 12.0 Å². The minimum Gasteiger partial charge on any atom is -0.287 e. The maximum Gasteiger partial charge on any atom is 0.409 e. The monoisotopic (exact) mass is 328 g/mol. The smallest absolute Gasteiger partial charge is 0.287 e. The molecule has 6 heteroatoms. The van der Waals surface area contributed by atoms with Gasteiger partial charge < -0.3 is 0 Å². The Morgan fingerprint density at radius 3 is 2.57 bits per heavy atom. The molecule has 23 heavy (non-hydrogen) atoms. The number of amides is 1. The number of unbranched alkanes of at least 4 members (excludes halogenated alkanes) is 1. The Morgan fingerprint density at radius 2 is 2.04 bits per heavy atom. The van der Waals surface area contributed by atoms with Crippen molar-refractivity contribution in [2.24, 2.45) is 0 Å². The maximum atomic E-state index is 13.7. The summed E-state index contributed by atoms with van der Waals surface area (Å²) in [5, 5.41) is 1.05. The molecular weight excluding hydrogens is 305 g/mol. The number of carbonyl (C=O) groups is 1. The van der Waals surface area contributed by atoms with Crippen molar-refractivity contribution in [2.45, 2.75) is 64.2 Å². The highest BCUT2D eigenvalue weighted by molar-refractivity contribution is 5.79. The summed E-state index contributed by atoms with van der Waals surface area (Å²) in [5.74, 6) is -0.383. The normalized spacial score (nSPS) is 19.7. The van der Waals surface area contributed by atoms with Crippen molar-refractivity contribution in [2.75, 3.05) is 0 Å². The molecule has 0 spiro atoms. The fourth-order valence-electron chi connectivity index (χ4n) is 3.00. The third-order valence-electron chi connectivity index (χ3n) is 4.14. The highest BCUT2D eigenvalue weighted by Crippen LogP contribution is 2.42.